The maximum atomic E-state index is 13.3. The second kappa shape index (κ2) is 7.82. The van der Waals surface area contributed by atoms with Gasteiger partial charge in [-0.3, -0.25) is 9.36 Å². The van der Waals surface area contributed by atoms with Gasteiger partial charge in [-0.2, -0.15) is 0 Å². The van der Waals surface area contributed by atoms with Crippen LogP contribution in [-0.4, -0.2) is 28.2 Å². The highest BCUT2D eigenvalue weighted by Crippen LogP contribution is 2.49. The Labute approximate surface area is 197 Å². The summed E-state index contributed by atoms with van der Waals surface area (Å²) in [5, 5.41) is 0.755. The predicted molar refractivity (Wildman–Crippen MR) is 129 cm³/mol. The maximum Gasteiger partial charge on any atom is 0.263 e. The van der Waals surface area contributed by atoms with E-state index in [1.54, 1.807) is 18.2 Å². The van der Waals surface area contributed by atoms with Crippen LogP contribution in [0, 0.1) is 13.8 Å². The van der Waals surface area contributed by atoms with E-state index in [0.29, 0.717) is 33.0 Å². The van der Waals surface area contributed by atoms with Crippen LogP contribution in [0.15, 0.2) is 47.3 Å². The summed E-state index contributed by atoms with van der Waals surface area (Å²) in [7, 11) is 0. The average molecular weight is 470 g/mol. The van der Waals surface area contributed by atoms with Crippen LogP contribution < -0.4 is 15.2 Å². The molecule has 0 saturated carbocycles. The second-order valence-corrected chi connectivity index (χ2v) is 9.52. The Balaban J connectivity index is 1.44. The molecule has 5 rings (SSSR count). The predicted octanol–water partition coefficient (Wildman–Crippen LogP) is 5.69. The molecule has 1 atom stereocenters. The lowest BCUT2D eigenvalue weighted by Gasteiger charge is -2.42. The van der Waals surface area contributed by atoms with E-state index >= 15 is 0 Å². The Morgan fingerprint density at radius 2 is 1.78 bits per heavy atom. The van der Waals surface area contributed by atoms with Crippen molar-refractivity contribution >= 4 is 29.0 Å². The van der Waals surface area contributed by atoms with Crippen LogP contribution in [0.5, 0.6) is 5.75 Å². The SMILES string of the molecule is Cc1c(N2CCC3(CC2)Oc2ccccc2[C@@H]3C)nc(C)n(-c2cccc(Cl)c2Cl)c1=O. The normalized spacial score (nSPS) is 19.2. The van der Waals surface area contributed by atoms with Crippen molar-refractivity contribution in [2.45, 2.75) is 45.1 Å². The van der Waals surface area contributed by atoms with Gasteiger partial charge in [0.05, 0.1) is 21.3 Å². The van der Waals surface area contributed by atoms with Crippen LogP contribution in [0.2, 0.25) is 10.0 Å². The highest BCUT2D eigenvalue weighted by atomic mass is 35.5. The highest BCUT2D eigenvalue weighted by Gasteiger charge is 2.47. The molecule has 0 radical (unpaired) electrons. The van der Waals surface area contributed by atoms with Crippen molar-refractivity contribution in [3.8, 4) is 11.4 Å². The molecule has 2 aliphatic rings. The fourth-order valence-electron chi connectivity index (χ4n) is 5.11. The van der Waals surface area contributed by atoms with Gasteiger partial charge in [-0.15, -0.1) is 0 Å². The minimum absolute atomic E-state index is 0.130. The largest absolute Gasteiger partial charge is 0.486 e. The zero-order valence-corrected chi connectivity index (χ0v) is 19.9. The summed E-state index contributed by atoms with van der Waals surface area (Å²) < 4.78 is 8.01. The van der Waals surface area contributed by atoms with Gasteiger partial charge in [0.2, 0.25) is 0 Å². The summed E-state index contributed by atoms with van der Waals surface area (Å²) in [6.45, 7) is 7.48. The first-order valence-electron chi connectivity index (χ1n) is 10.9. The van der Waals surface area contributed by atoms with Gasteiger partial charge >= 0.3 is 0 Å². The molecule has 3 heterocycles. The molecule has 166 valence electrons. The number of nitrogens with zero attached hydrogens (tertiary/aromatic N) is 3. The van der Waals surface area contributed by atoms with Gasteiger partial charge in [0, 0.05) is 37.4 Å². The molecule has 0 N–H and O–H groups in total. The molecule has 1 fully saturated rings. The van der Waals surface area contributed by atoms with Crippen molar-refractivity contribution in [3.63, 3.8) is 0 Å². The summed E-state index contributed by atoms with van der Waals surface area (Å²) in [5.74, 6) is 2.66. The number of ether oxygens (including phenoxy) is 1. The molecule has 3 aromatic rings. The first kappa shape index (κ1) is 21.4. The molecule has 0 amide bonds. The number of para-hydroxylation sites is 1. The lowest BCUT2D eigenvalue weighted by Crippen LogP contribution is -2.49. The summed E-state index contributed by atoms with van der Waals surface area (Å²) >= 11 is 12.6. The number of anilines is 1. The van der Waals surface area contributed by atoms with Crippen molar-refractivity contribution in [1.82, 2.24) is 9.55 Å². The minimum atomic E-state index is -0.188. The van der Waals surface area contributed by atoms with E-state index in [1.165, 1.54) is 10.1 Å². The Kier molecular flexibility index (Phi) is 5.22. The fraction of sp³-hybridized carbons (Fsp3) is 0.360. The quantitative estimate of drug-likeness (QED) is 0.483. The highest BCUT2D eigenvalue weighted by molar-refractivity contribution is 6.43. The molecule has 7 heteroatoms. The molecule has 2 aromatic carbocycles. The lowest BCUT2D eigenvalue weighted by molar-refractivity contribution is 0.0464. The Hall–Kier alpha value is -2.50. The van der Waals surface area contributed by atoms with Crippen LogP contribution in [0.25, 0.3) is 5.69 Å². The van der Waals surface area contributed by atoms with Crippen LogP contribution in [0.3, 0.4) is 0 Å². The van der Waals surface area contributed by atoms with Gasteiger partial charge in [-0.25, -0.2) is 4.98 Å². The number of rotatable bonds is 2. The van der Waals surface area contributed by atoms with E-state index < -0.39 is 0 Å². The van der Waals surface area contributed by atoms with Crippen LogP contribution in [0.1, 0.15) is 42.6 Å². The first-order chi connectivity index (χ1) is 15.3. The number of aryl methyl sites for hydroxylation is 1. The van der Waals surface area contributed by atoms with Crippen molar-refractivity contribution in [2.24, 2.45) is 0 Å². The van der Waals surface area contributed by atoms with E-state index in [1.807, 2.05) is 19.9 Å². The summed E-state index contributed by atoms with van der Waals surface area (Å²) in [6.07, 6.45) is 1.76. The van der Waals surface area contributed by atoms with E-state index in [9.17, 15) is 4.79 Å². The number of fused-ring (bicyclic) bond motifs is 1. The summed E-state index contributed by atoms with van der Waals surface area (Å²) in [5.41, 5.74) is 2.12. The first-order valence-corrected chi connectivity index (χ1v) is 11.7. The van der Waals surface area contributed by atoms with Crippen molar-refractivity contribution in [2.75, 3.05) is 18.0 Å². The smallest absolute Gasteiger partial charge is 0.263 e. The van der Waals surface area contributed by atoms with Gasteiger partial charge in [0.15, 0.2) is 0 Å². The van der Waals surface area contributed by atoms with Crippen molar-refractivity contribution < 1.29 is 4.74 Å². The number of hydrogen-bond acceptors (Lipinski definition) is 4. The van der Waals surface area contributed by atoms with Crippen LogP contribution in [0.4, 0.5) is 5.82 Å². The maximum absolute atomic E-state index is 13.3. The van der Waals surface area contributed by atoms with E-state index in [-0.39, 0.29) is 11.2 Å². The molecule has 0 aliphatic carbocycles. The molecule has 1 saturated heterocycles. The average Bonchev–Trinajstić information content (AvgIpc) is 3.06. The zero-order valence-electron chi connectivity index (χ0n) is 18.4. The van der Waals surface area contributed by atoms with E-state index in [2.05, 4.69) is 30.0 Å². The lowest BCUT2D eigenvalue weighted by atomic mass is 9.79. The van der Waals surface area contributed by atoms with Crippen molar-refractivity contribution in [3.05, 3.63) is 79.8 Å². The van der Waals surface area contributed by atoms with Gasteiger partial charge in [0.25, 0.3) is 5.56 Å². The minimum Gasteiger partial charge on any atom is -0.486 e. The second-order valence-electron chi connectivity index (χ2n) is 8.73. The Morgan fingerprint density at radius 1 is 1.06 bits per heavy atom. The Morgan fingerprint density at radius 3 is 2.50 bits per heavy atom. The third-order valence-corrected chi connectivity index (χ3v) is 7.83. The third-order valence-electron chi connectivity index (χ3n) is 7.02. The van der Waals surface area contributed by atoms with Gasteiger partial charge in [0.1, 0.15) is 23.0 Å². The number of aromatic nitrogens is 2. The topological polar surface area (TPSA) is 47.4 Å². The number of piperidine rings is 1. The monoisotopic (exact) mass is 469 g/mol. The molecule has 32 heavy (non-hydrogen) atoms. The zero-order chi connectivity index (χ0) is 22.6. The number of benzene rings is 2. The van der Waals surface area contributed by atoms with E-state index in [0.717, 1.165) is 37.5 Å². The summed E-state index contributed by atoms with van der Waals surface area (Å²) in [4.78, 5) is 20.4. The number of hydrogen-bond donors (Lipinski definition) is 0. The van der Waals surface area contributed by atoms with Crippen LogP contribution in [-0.2, 0) is 0 Å². The van der Waals surface area contributed by atoms with Gasteiger partial charge in [-0.1, -0.05) is 54.4 Å². The molecule has 1 aromatic heterocycles. The molecule has 1 spiro atoms. The van der Waals surface area contributed by atoms with E-state index in [4.69, 9.17) is 32.9 Å². The summed E-state index contributed by atoms with van der Waals surface area (Å²) in [6, 6.07) is 13.6. The standard InChI is InChI=1S/C25H25Cl2N3O2/c1-15-23(28-17(3)30(24(15)31)20-9-6-8-19(26)22(20)27)29-13-11-25(12-14-29)16(2)18-7-4-5-10-21(18)32-25/h4-10,16H,11-14H2,1-3H3/t16-/m0/s1. The van der Waals surface area contributed by atoms with Gasteiger partial charge < -0.3 is 9.64 Å². The van der Waals surface area contributed by atoms with Gasteiger partial charge in [-0.05, 0) is 32.0 Å². The van der Waals surface area contributed by atoms with Crippen LogP contribution >= 0.6 is 23.2 Å². The van der Waals surface area contributed by atoms with Crippen molar-refractivity contribution in [1.29, 1.82) is 0 Å². The molecular formula is C25H25Cl2N3O2. The fourth-order valence-corrected chi connectivity index (χ4v) is 5.49. The number of halogens is 2. The molecule has 5 nitrogen and oxygen atoms in total. The Bertz CT molecular complexity index is 1260. The molecular weight excluding hydrogens is 445 g/mol. The third kappa shape index (κ3) is 3.22. The molecule has 0 bridgehead atoms. The molecule has 2 aliphatic heterocycles. The molecule has 0 unspecified atom stereocenters.